The number of hydrogen-bond acceptors (Lipinski definition) is 5. The normalized spacial score (nSPS) is 20.5. The van der Waals surface area contributed by atoms with Crippen molar-refractivity contribution in [1.82, 2.24) is 19.4 Å². The molecule has 7 heteroatoms. The van der Waals surface area contributed by atoms with Gasteiger partial charge in [-0.25, -0.2) is 9.98 Å². The maximum absolute atomic E-state index is 6.21. The van der Waals surface area contributed by atoms with Crippen molar-refractivity contribution in [3.63, 3.8) is 0 Å². The van der Waals surface area contributed by atoms with Gasteiger partial charge in [-0.2, -0.15) is 0 Å². The van der Waals surface area contributed by atoms with E-state index in [4.69, 9.17) is 26.3 Å². The summed E-state index contributed by atoms with van der Waals surface area (Å²) in [6.07, 6.45) is 14.3. The molecule has 29 heavy (non-hydrogen) atoms. The lowest BCUT2D eigenvalue weighted by Gasteiger charge is -2.28. The molecule has 0 spiro atoms. The van der Waals surface area contributed by atoms with Crippen molar-refractivity contribution in [2.75, 3.05) is 26.3 Å². The van der Waals surface area contributed by atoms with E-state index in [-0.39, 0.29) is 5.38 Å². The summed E-state index contributed by atoms with van der Waals surface area (Å²) in [6, 6.07) is 1.91. The predicted molar refractivity (Wildman–Crippen MR) is 119 cm³/mol. The van der Waals surface area contributed by atoms with Crippen molar-refractivity contribution in [1.29, 1.82) is 0 Å². The molecule has 4 rings (SSSR count). The number of ether oxygens (including phenoxy) is 1. The van der Waals surface area contributed by atoms with Gasteiger partial charge in [0.1, 0.15) is 11.6 Å². The van der Waals surface area contributed by atoms with E-state index < -0.39 is 0 Å². The van der Waals surface area contributed by atoms with Gasteiger partial charge in [-0.3, -0.25) is 9.55 Å². The van der Waals surface area contributed by atoms with E-state index in [9.17, 15) is 0 Å². The van der Waals surface area contributed by atoms with E-state index in [1.165, 1.54) is 0 Å². The summed E-state index contributed by atoms with van der Waals surface area (Å²) in [5.41, 5.74) is 3.55. The van der Waals surface area contributed by atoms with Crippen molar-refractivity contribution < 1.29 is 4.74 Å². The Morgan fingerprint density at radius 1 is 1.38 bits per heavy atom. The number of nitrogens with zero attached hydrogens (tertiary/aromatic N) is 5. The van der Waals surface area contributed by atoms with Crippen LogP contribution in [0.25, 0.3) is 22.3 Å². The Morgan fingerprint density at radius 3 is 2.93 bits per heavy atom. The molecule has 1 aliphatic heterocycles. The first-order valence-corrected chi connectivity index (χ1v) is 10.2. The number of morpholine rings is 1. The standard InChI is InChI=1S/C22H24ClN5O/c1-3-21(27-10-12-29-13-11-27)25-14-16(2)22-26-19-8-9-24-15-20(19)28(22)18-6-4-17(23)5-7-18/h3-4,6-9,14-15,17H,2,5,10-13H2,1H3/b21-3+,25-14-. The van der Waals surface area contributed by atoms with Crippen LogP contribution in [0.3, 0.4) is 0 Å². The van der Waals surface area contributed by atoms with Crippen LogP contribution >= 0.6 is 11.6 Å². The molecule has 2 aromatic rings. The van der Waals surface area contributed by atoms with Crippen LogP contribution in [0, 0.1) is 0 Å². The Morgan fingerprint density at radius 2 is 2.21 bits per heavy atom. The maximum atomic E-state index is 6.21. The second-order valence-corrected chi connectivity index (χ2v) is 7.47. The van der Waals surface area contributed by atoms with Crippen LogP contribution < -0.4 is 0 Å². The second kappa shape index (κ2) is 8.76. The number of alkyl halides is 1. The highest BCUT2D eigenvalue weighted by Crippen LogP contribution is 2.27. The van der Waals surface area contributed by atoms with Gasteiger partial charge < -0.3 is 9.64 Å². The zero-order valence-electron chi connectivity index (χ0n) is 16.5. The average Bonchev–Trinajstić information content (AvgIpc) is 3.15. The number of halogens is 1. The molecule has 1 saturated heterocycles. The number of hydrogen-bond donors (Lipinski definition) is 0. The molecule has 3 heterocycles. The van der Waals surface area contributed by atoms with Crippen molar-refractivity contribution in [2.24, 2.45) is 4.99 Å². The highest BCUT2D eigenvalue weighted by atomic mass is 35.5. The number of imidazole rings is 1. The summed E-state index contributed by atoms with van der Waals surface area (Å²) in [4.78, 5) is 16.0. The van der Waals surface area contributed by atoms with Crippen LogP contribution in [0.4, 0.5) is 0 Å². The van der Waals surface area contributed by atoms with E-state index >= 15 is 0 Å². The highest BCUT2D eigenvalue weighted by Gasteiger charge is 2.17. The zero-order valence-corrected chi connectivity index (χ0v) is 17.2. The number of aliphatic imine (C=N–C) groups is 1. The third-order valence-electron chi connectivity index (χ3n) is 4.98. The van der Waals surface area contributed by atoms with Crippen LogP contribution in [0.1, 0.15) is 19.2 Å². The molecule has 0 bridgehead atoms. The Hall–Kier alpha value is -2.70. The van der Waals surface area contributed by atoms with E-state index in [1.807, 2.05) is 37.4 Å². The fraction of sp³-hybridized carbons (Fsp3) is 0.318. The molecule has 0 saturated carbocycles. The first-order chi connectivity index (χ1) is 14.2. The van der Waals surface area contributed by atoms with Gasteiger partial charge in [0.05, 0.1) is 35.8 Å². The largest absolute Gasteiger partial charge is 0.378 e. The minimum absolute atomic E-state index is 0.0191. The number of rotatable bonds is 5. The van der Waals surface area contributed by atoms with Crippen molar-refractivity contribution in [3.8, 4) is 0 Å². The zero-order chi connectivity index (χ0) is 20.2. The highest BCUT2D eigenvalue weighted by molar-refractivity contribution is 6.22. The Balaban J connectivity index is 1.67. The summed E-state index contributed by atoms with van der Waals surface area (Å²) in [6.45, 7) is 9.35. The first kappa shape index (κ1) is 19.6. The van der Waals surface area contributed by atoms with Gasteiger partial charge in [-0.05, 0) is 31.6 Å². The van der Waals surface area contributed by atoms with Crippen LogP contribution in [0.2, 0.25) is 0 Å². The van der Waals surface area contributed by atoms with Gasteiger partial charge in [0.15, 0.2) is 0 Å². The third kappa shape index (κ3) is 4.18. The third-order valence-corrected chi connectivity index (χ3v) is 5.30. The molecular formula is C22H24ClN5O. The molecule has 1 fully saturated rings. The summed E-state index contributed by atoms with van der Waals surface area (Å²) >= 11 is 6.21. The van der Waals surface area contributed by atoms with E-state index in [0.29, 0.717) is 0 Å². The van der Waals surface area contributed by atoms with Gasteiger partial charge >= 0.3 is 0 Å². The lowest BCUT2D eigenvalue weighted by molar-refractivity contribution is 0.0531. The van der Waals surface area contributed by atoms with Gasteiger partial charge in [0.2, 0.25) is 0 Å². The van der Waals surface area contributed by atoms with Gasteiger partial charge in [-0.15, -0.1) is 11.6 Å². The van der Waals surface area contributed by atoms with Crippen LogP contribution in [0.5, 0.6) is 0 Å². The summed E-state index contributed by atoms with van der Waals surface area (Å²) in [5, 5.41) is 0.0191. The van der Waals surface area contributed by atoms with Gasteiger partial charge in [0, 0.05) is 36.8 Å². The lowest BCUT2D eigenvalue weighted by Crippen LogP contribution is -2.35. The quantitative estimate of drug-likeness (QED) is 0.550. The Labute approximate surface area is 175 Å². The molecular weight excluding hydrogens is 386 g/mol. The lowest BCUT2D eigenvalue weighted by atomic mass is 10.1. The molecule has 6 nitrogen and oxygen atoms in total. The molecule has 1 unspecified atom stereocenters. The molecule has 0 aromatic carbocycles. The minimum atomic E-state index is 0.0191. The van der Waals surface area contributed by atoms with Crippen LogP contribution in [-0.2, 0) is 4.74 Å². The molecule has 1 aliphatic carbocycles. The SMILES string of the molecule is C=C(/C=N\C(=C/C)N1CCOCC1)c1nc2ccncc2n1C1=CCC(Cl)C=C1. The number of pyridine rings is 1. The minimum Gasteiger partial charge on any atom is -0.378 e. The molecule has 0 amide bonds. The average molecular weight is 410 g/mol. The Kier molecular flexibility index (Phi) is 5.92. The van der Waals surface area contributed by atoms with Crippen molar-refractivity contribution in [2.45, 2.75) is 18.7 Å². The fourth-order valence-electron chi connectivity index (χ4n) is 3.48. The molecule has 150 valence electrons. The first-order valence-electron chi connectivity index (χ1n) is 9.75. The van der Waals surface area contributed by atoms with Crippen molar-refractivity contribution >= 4 is 40.1 Å². The van der Waals surface area contributed by atoms with Gasteiger partial charge in [-0.1, -0.05) is 18.7 Å². The van der Waals surface area contributed by atoms with E-state index in [1.54, 1.807) is 12.4 Å². The molecule has 2 aliphatic rings. The van der Waals surface area contributed by atoms with Crippen molar-refractivity contribution in [3.05, 3.63) is 61.0 Å². The van der Waals surface area contributed by atoms with Crippen LogP contribution in [-0.4, -0.2) is 57.3 Å². The number of fused-ring (bicyclic) bond motifs is 1. The summed E-state index contributed by atoms with van der Waals surface area (Å²) < 4.78 is 7.50. The van der Waals surface area contributed by atoms with Gasteiger partial charge in [0.25, 0.3) is 0 Å². The Bertz CT molecular complexity index is 1030. The fourth-order valence-corrected chi connectivity index (χ4v) is 3.64. The number of aromatic nitrogens is 3. The van der Waals surface area contributed by atoms with Crippen LogP contribution in [0.15, 0.2) is 60.2 Å². The topological polar surface area (TPSA) is 55.5 Å². The monoisotopic (exact) mass is 409 g/mol. The summed E-state index contributed by atoms with van der Waals surface area (Å²) in [7, 11) is 0. The van der Waals surface area contributed by atoms with E-state index in [0.717, 1.165) is 66.7 Å². The molecule has 0 N–H and O–H groups in total. The smallest absolute Gasteiger partial charge is 0.146 e. The molecule has 2 aromatic heterocycles. The second-order valence-electron chi connectivity index (χ2n) is 6.90. The molecule has 0 radical (unpaired) electrons. The summed E-state index contributed by atoms with van der Waals surface area (Å²) in [5.74, 6) is 1.67. The predicted octanol–water partition coefficient (Wildman–Crippen LogP) is 4.12. The molecule has 1 atom stereocenters. The number of allylic oxidation sites excluding steroid dienone is 6. The maximum Gasteiger partial charge on any atom is 0.146 e. The van der Waals surface area contributed by atoms with E-state index in [2.05, 4.69) is 27.1 Å².